The Balaban J connectivity index is 1.34. The Morgan fingerprint density at radius 3 is 1.91 bits per heavy atom. The molecule has 0 unspecified atom stereocenters. The van der Waals surface area contributed by atoms with Crippen LogP contribution in [-0.2, 0) is 48.5 Å². The molecule has 0 amide bonds. The largest absolute Gasteiger partial charge is 0.493 e. The molecule has 0 saturated carbocycles. The van der Waals surface area contributed by atoms with Crippen molar-refractivity contribution in [1.29, 1.82) is 0 Å². The second kappa shape index (κ2) is 19.6. The summed E-state index contributed by atoms with van der Waals surface area (Å²) in [5.74, 6) is 0.208. The van der Waals surface area contributed by atoms with Crippen LogP contribution >= 0.6 is 0 Å². The first kappa shape index (κ1) is 44.0. The summed E-state index contributed by atoms with van der Waals surface area (Å²) in [5.41, 5.74) is 4.34. The zero-order valence-corrected chi connectivity index (χ0v) is 36.2. The van der Waals surface area contributed by atoms with Gasteiger partial charge in [-0.3, -0.25) is 9.59 Å². The van der Waals surface area contributed by atoms with Gasteiger partial charge in [0.25, 0.3) is 0 Å². The number of methoxy groups -OCH3 is 1. The van der Waals surface area contributed by atoms with E-state index in [0.29, 0.717) is 17.9 Å². The van der Waals surface area contributed by atoms with Gasteiger partial charge in [-0.1, -0.05) is 117 Å². The SMILES string of the molecule is COc1cc([C@@H](CC(=O)CC(=O)[C@H](Cc2ccc(OCc3ccccc3)cc2)OCc2ccccc2)O[Si](C)(C)C(C)(C)C)ccc1OS(=O)(=O)c1ccc(C)cc1. The van der Waals surface area contributed by atoms with Crippen LogP contribution in [0.25, 0.3) is 0 Å². The molecule has 5 aromatic carbocycles. The van der Waals surface area contributed by atoms with E-state index < -0.39 is 30.6 Å². The Morgan fingerprint density at radius 2 is 1.33 bits per heavy atom. The first-order valence-corrected chi connectivity index (χ1v) is 23.7. The minimum absolute atomic E-state index is 0.00592. The van der Waals surface area contributed by atoms with E-state index in [9.17, 15) is 18.0 Å². The van der Waals surface area contributed by atoms with Crippen molar-refractivity contribution in [3.8, 4) is 17.2 Å². The second-order valence-corrected chi connectivity index (χ2v) is 22.2. The summed E-state index contributed by atoms with van der Waals surface area (Å²) in [5, 5.41) is -0.197. The molecule has 0 aliphatic heterocycles. The minimum Gasteiger partial charge on any atom is -0.493 e. The molecule has 11 heteroatoms. The molecule has 0 saturated heterocycles. The van der Waals surface area contributed by atoms with Crippen LogP contribution in [0.4, 0.5) is 0 Å². The quantitative estimate of drug-likeness (QED) is 0.0430. The fourth-order valence-electron chi connectivity index (χ4n) is 5.89. The predicted octanol–water partition coefficient (Wildman–Crippen LogP) is 10.2. The van der Waals surface area contributed by atoms with E-state index in [2.05, 4.69) is 33.9 Å². The third kappa shape index (κ3) is 12.5. The number of Topliss-reactive ketones (excluding diaryl/α,β-unsaturated/α-hetero) is 2. The number of benzene rings is 5. The van der Waals surface area contributed by atoms with E-state index in [1.807, 2.05) is 91.9 Å². The van der Waals surface area contributed by atoms with Crippen molar-refractivity contribution in [2.45, 2.75) is 95.4 Å². The van der Waals surface area contributed by atoms with Crippen molar-refractivity contribution in [3.63, 3.8) is 0 Å². The van der Waals surface area contributed by atoms with Gasteiger partial charge in [0, 0.05) is 12.8 Å². The molecule has 9 nitrogen and oxygen atoms in total. The summed E-state index contributed by atoms with van der Waals surface area (Å²) in [7, 11) is -5.22. The van der Waals surface area contributed by atoms with E-state index in [4.69, 9.17) is 22.8 Å². The molecule has 0 spiro atoms. The summed E-state index contributed by atoms with van der Waals surface area (Å²) >= 11 is 0. The maximum Gasteiger partial charge on any atom is 0.339 e. The first-order chi connectivity index (χ1) is 27.5. The molecule has 0 aromatic heterocycles. The Morgan fingerprint density at radius 1 is 0.724 bits per heavy atom. The maximum atomic E-state index is 14.0. The number of ketones is 2. The van der Waals surface area contributed by atoms with Crippen LogP contribution in [0.2, 0.25) is 18.1 Å². The van der Waals surface area contributed by atoms with E-state index in [1.165, 1.54) is 25.3 Å². The van der Waals surface area contributed by atoms with E-state index >= 15 is 0 Å². The van der Waals surface area contributed by atoms with Crippen molar-refractivity contribution in [1.82, 2.24) is 0 Å². The van der Waals surface area contributed by atoms with Gasteiger partial charge in [-0.25, -0.2) is 0 Å². The Kier molecular flexibility index (Phi) is 14.9. The molecule has 0 radical (unpaired) electrons. The van der Waals surface area contributed by atoms with Crippen molar-refractivity contribution in [2.75, 3.05) is 7.11 Å². The standard InChI is InChI=1S/C47H54O9SSi/c1-34-18-25-41(26-19-34)57(50,51)55-43-27-22-38(29-46(43)52-5)44(56-58(6,7)47(2,3)4)31-39(48)30-42(49)45(54-33-37-16-12-9-13-17-37)28-35-20-23-40(24-21-35)53-32-36-14-10-8-11-15-36/h8-27,29,44-45H,28,30-33H2,1-7H3/t44-,45+/m1/s1. The highest BCUT2D eigenvalue weighted by molar-refractivity contribution is 7.87. The molecule has 2 atom stereocenters. The van der Waals surface area contributed by atoms with Gasteiger partial charge in [0.05, 0.1) is 26.2 Å². The number of rotatable bonds is 20. The van der Waals surface area contributed by atoms with Gasteiger partial charge in [-0.2, -0.15) is 8.42 Å². The molecule has 306 valence electrons. The summed E-state index contributed by atoms with van der Waals surface area (Å²) in [6, 6.07) is 38.2. The van der Waals surface area contributed by atoms with Crippen LogP contribution in [0.15, 0.2) is 132 Å². The van der Waals surface area contributed by atoms with Crippen LogP contribution in [0.5, 0.6) is 17.2 Å². The molecule has 0 N–H and O–H groups in total. The van der Waals surface area contributed by atoms with Gasteiger partial charge in [-0.15, -0.1) is 0 Å². The maximum absolute atomic E-state index is 14.0. The third-order valence-electron chi connectivity index (χ3n) is 10.3. The monoisotopic (exact) mass is 822 g/mol. The first-order valence-electron chi connectivity index (χ1n) is 19.4. The summed E-state index contributed by atoms with van der Waals surface area (Å²) in [6.45, 7) is 13.0. The smallest absolute Gasteiger partial charge is 0.339 e. The number of aryl methyl sites for hydroxylation is 1. The lowest BCUT2D eigenvalue weighted by atomic mass is 9.97. The van der Waals surface area contributed by atoms with Gasteiger partial charge in [0.1, 0.15) is 29.1 Å². The fourth-order valence-corrected chi connectivity index (χ4v) is 8.11. The Bertz CT molecular complexity index is 2220. The van der Waals surface area contributed by atoms with Gasteiger partial charge >= 0.3 is 10.1 Å². The summed E-state index contributed by atoms with van der Waals surface area (Å²) < 4.78 is 56.4. The third-order valence-corrected chi connectivity index (χ3v) is 16.1. The number of hydrogen-bond donors (Lipinski definition) is 0. The van der Waals surface area contributed by atoms with Crippen molar-refractivity contribution in [3.05, 3.63) is 155 Å². The Labute approximate surface area is 344 Å². The van der Waals surface area contributed by atoms with E-state index in [0.717, 1.165) is 22.3 Å². The summed E-state index contributed by atoms with van der Waals surface area (Å²) in [6.07, 6.45) is -1.81. The van der Waals surface area contributed by atoms with Crippen molar-refractivity contribution in [2.24, 2.45) is 0 Å². The molecule has 5 rings (SSSR count). The molecule has 58 heavy (non-hydrogen) atoms. The van der Waals surface area contributed by atoms with Crippen LogP contribution in [0.3, 0.4) is 0 Å². The lowest BCUT2D eigenvalue weighted by molar-refractivity contribution is -0.136. The molecular formula is C47H54O9SSi. The van der Waals surface area contributed by atoms with Crippen LogP contribution in [0.1, 0.15) is 67.5 Å². The zero-order chi connectivity index (χ0) is 41.9. The Hall–Kier alpha value is -5.07. The molecule has 0 bridgehead atoms. The van der Waals surface area contributed by atoms with Crippen LogP contribution < -0.4 is 13.7 Å². The molecule has 0 aliphatic rings. The molecule has 0 aliphatic carbocycles. The van der Waals surface area contributed by atoms with Gasteiger partial charge in [0.15, 0.2) is 25.6 Å². The second-order valence-electron chi connectivity index (χ2n) is 15.9. The highest BCUT2D eigenvalue weighted by Gasteiger charge is 2.40. The number of carbonyl (C=O) groups is 2. The average molecular weight is 823 g/mol. The van der Waals surface area contributed by atoms with Crippen LogP contribution in [-0.4, -0.2) is 41.5 Å². The molecular weight excluding hydrogens is 769 g/mol. The van der Waals surface area contributed by atoms with Gasteiger partial charge < -0.3 is 22.8 Å². The highest BCUT2D eigenvalue weighted by Crippen LogP contribution is 2.42. The molecule has 0 fully saturated rings. The van der Waals surface area contributed by atoms with E-state index in [1.54, 1.807) is 24.3 Å². The molecule has 0 heterocycles. The molecule has 5 aromatic rings. The van der Waals surface area contributed by atoms with Crippen LogP contribution in [0, 0.1) is 6.92 Å². The minimum atomic E-state index is -4.16. The number of hydrogen-bond acceptors (Lipinski definition) is 9. The normalized spacial score (nSPS) is 13.0. The van der Waals surface area contributed by atoms with Gasteiger partial charge in [-0.05, 0) is 83.7 Å². The zero-order valence-electron chi connectivity index (χ0n) is 34.4. The lowest BCUT2D eigenvalue weighted by Crippen LogP contribution is -2.42. The topological polar surface area (TPSA) is 114 Å². The summed E-state index contributed by atoms with van der Waals surface area (Å²) in [4.78, 5) is 27.9. The van der Waals surface area contributed by atoms with E-state index in [-0.39, 0.29) is 58.9 Å². The number of carbonyl (C=O) groups excluding carboxylic acids is 2. The van der Waals surface area contributed by atoms with Gasteiger partial charge in [0.2, 0.25) is 0 Å². The lowest BCUT2D eigenvalue weighted by Gasteiger charge is -2.39. The highest BCUT2D eigenvalue weighted by atomic mass is 32.2. The predicted molar refractivity (Wildman–Crippen MR) is 228 cm³/mol. The fraction of sp³-hybridized carbons (Fsp3) is 0.319. The number of ether oxygens (including phenoxy) is 3. The average Bonchev–Trinajstić information content (AvgIpc) is 3.19. The van der Waals surface area contributed by atoms with Crippen molar-refractivity contribution >= 4 is 30.0 Å². The van der Waals surface area contributed by atoms with Crippen molar-refractivity contribution < 1.29 is 40.8 Å².